The zero-order chi connectivity index (χ0) is 17.5. The zero-order valence-electron chi connectivity index (χ0n) is 12.8. The number of benzene rings is 2. The van der Waals surface area contributed by atoms with E-state index < -0.39 is 11.8 Å². The van der Waals surface area contributed by atoms with E-state index in [4.69, 9.17) is 11.6 Å². The van der Waals surface area contributed by atoms with E-state index in [-0.39, 0.29) is 23.0 Å². The van der Waals surface area contributed by atoms with Gasteiger partial charge < -0.3 is 10.1 Å². The molecule has 0 fully saturated rings. The van der Waals surface area contributed by atoms with Gasteiger partial charge in [-0.25, -0.2) is 9.18 Å². The number of esters is 1. The van der Waals surface area contributed by atoms with Gasteiger partial charge in [-0.05, 0) is 24.3 Å². The van der Waals surface area contributed by atoms with Gasteiger partial charge in [0.1, 0.15) is 5.82 Å². The molecule has 4 nitrogen and oxygen atoms in total. The number of carbonyl (C=O) groups excluding carboxylic acids is 2. The molecule has 0 spiro atoms. The van der Waals surface area contributed by atoms with Gasteiger partial charge in [0, 0.05) is 16.3 Å². The summed E-state index contributed by atoms with van der Waals surface area (Å²) in [6.45, 7) is 0. The Morgan fingerprint density at radius 1 is 1.21 bits per heavy atom. The summed E-state index contributed by atoms with van der Waals surface area (Å²) in [6, 6.07) is 11.0. The Balaban J connectivity index is 1.94. The Bertz CT molecular complexity index is 734. The Kier molecular flexibility index (Phi) is 6.63. The van der Waals surface area contributed by atoms with Crippen molar-refractivity contribution < 1.29 is 18.7 Å². The smallest absolute Gasteiger partial charge is 0.339 e. The third-order valence-electron chi connectivity index (χ3n) is 3.15. The first-order valence-corrected chi connectivity index (χ1v) is 8.54. The fraction of sp³-hybridized carbons (Fsp3) is 0.176. The minimum Gasteiger partial charge on any atom is -0.465 e. The summed E-state index contributed by atoms with van der Waals surface area (Å²) in [5.74, 6) is -0.857. The predicted molar refractivity (Wildman–Crippen MR) is 94.0 cm³/mol. The number of hydrogen-bond acceptors (Lipinski definition) is 4. The van der Waals surface area contributed by atoms with Crippen molar-refractivity contribution in [2.24, 2.45) is 0 Å². The van der Waals surface area contributed by atoms with Crippen molar-refractivity contribution in [1.29, 1.82) is 0 Å². The highest BCUT2D eigenvalue weighted by Crippen LogP contribution is 2.24. The van der Waals surface area contributed by atoms with Crippen molar-refractivity contribution in [3.63, 3.8) is 0 Å². The van der Waals surface area contributed by atoms with Gasteiger partial charge in [0.15, 0.2) is 0 Å². The third kappa shape index (κ3) is 4.72. The molecule has 0 bridgehead atoms. The van der Waals surface area contributed by atoms with Crippen LogP contribution in [0.2, 0.25) is 5.02 Å². The van der Waals surface area contributed by atoms with Crippen molar-refractivity contribution in [3.05, 3.63) is 64.4 Å². The molecule has 0 saturated carbocycles. The summed E-state index contributed by atoms with van der Waals surface area (Å²) in [5.41, 5.74) is 1.02. The van der Waals surface area contributed by atoms with E-state index in [0.717, 1.165) is 0 Å². The summed E-state index contributed by atoms with van der Waals surface area (Å²) in [6.07, 6.45) is 0. The molecule has 0 aliphatic heterocycles. The van der Waals surface area contributed by atoms with Crippen molar-refractivity contribution in [3.8, 4) is 0 Å². The molecule has 2 aromatic rings. The molecule has 2 rings (SSSR count). The van der Waals surface area contributed by atoms with Crippen LogP contribution < -0.4 is 5.32 Å². The number of carbonyl (C=O) groups is 2. The first-order valence-electron chi connectivity index (χ1n) is 7.00. The number of amides is 1. The summed E-state index contributed by atoms with van der Waals surface area (Å²) in [7, 11) is 1.27. The second-order valence-electron chi connectivity index (χ2n) is 4.78. The van der Waals surface area contributed by atoms with Crippen LogP contribution >= 0.6 is 23.4 Å². The van der Waals surface area contributed by atoms with Crippen LogP contribution in [-0.2, 0) is 15.3 Å². The normalized spacial score (nSPS) is 10.3. The first-order chi connectivity index (χ1) is 11.5. The number of anilines is 1. The quantitative estimate of drug-likeness (QED) is 0.780. The van der Waals surface area contributed by atoms with Gasteiger partial charge in [-0.15, -0.1) is 11.8 Å². The molecule has 7 heteroatoms. The molecule has 0 aliphatic carbocycles. The number of halogens is 2. The minimum absolute atomic E-state index is 0.0974. The van der Waals surface area contributed by atoms with Crippen LogP contribution in [-0.4, -0.2) is 24.7 Å². The van der Waals surface area contributed by atoms with Crippen LogP contribution in [0.4, 0.5) is 10.1 Å². The highest BCUT2D eigenvalue weighted by molar-refractivity contribution is 7.99. The lowest BCUT2D eigenvalue weighted by atomic mass is 10.2. The van der Waals surface area contributed by atoms with Crippen LogP contribution in [0, 0.1) is 5.82 Å². The number of rotatable bonds is 6. The molecule has 0 unspecified atom stereocenters. The SMILES string of the molecule is COC(=O)c1ccccc1NC(=O)CSCc1c(F)cccc1Cl. The molecular formula is C17H15ClFNO3S. The van der Waals surface area contributed by atoms with Crippen molar-refractivity contribution in [1.82, 2.24) is 0 Å². The molecule has 24 heavy (non-hydrogen) atoms. The van der Waals surface area contributed by atoms with Gasteiger partial charge in [-0.3, -0.25) is 4.79 Å². The molecule has 0 radical (unpaired) electrons. The summed E-state index contributed by atoms with van der Waals surface area (Å²) < 4.78 is 18.3. The Hall–Kier alpha value is -2.05. The minimum atomic E-state index is -0.531. The van der Waals surface area contributed by atoms with E-state index in [2.05, 4.69) is 10.1 Å². The average Bonchev–Trinajstić information content (AvgIpc) is 2.57. The molecule has 1 N–H and O–H groups in total. The van der Waals surface area contributed by atoms with E-state index in [1.165, 1.54) is 31.0 Å². The fourth-order valence-electron chi connectivity index (χ4n) is 1.98. The molecular weight excluding hydrogens is 353 g/mol. The standard InChI is InChI=1S/C17H15ClFNO3S/c1-23-17(22)11-5-2-3-8-15(11)20-16(21)10-24-9-12-13(18)6-4-7-14(12)19/h2-8H,9-10H2,1H3,(H,20,21). The first kappa shape index (κ1) is 18.3. The van der Waals surface area contributed by atoms with Gasteiger partial charge in [0.05, 0.1) is 24.1 Å². The lowest BCUT2D eigenvalue weighted by Gasteiger charge is -2.10. The van der Waals surface area contributed by atoms with Crippen LogP contribution in [0.25, 0.3) is 0 Å². The Morgan fingerprint density at radius 3 is 2.67 bits per heavy atom. The van der Waals surface area contributed by atoms with Gasteiger partial charge in [-0.1, -0.05) is 29.8 Å². The maximum Gasteiger partial charge on any atom is 0.339 e. The molecule has 0 aromatic heterocycles. The van der Waals surface area contributed by atoms with Crippen molar-refractivity contribution in [2.45, 2.75) is 5.75 Å². The second-order valence-corrected chi connectivity index (χ2v) is 6.17. The summed E-state index contributed by atoms with van der Waals surface area (Å²) in [4.78, 5) is 23.7. The molecule has 0 aliphatic rings. The van der Waals surface area contributed by atoms with E-state index in [1.807, 2.05) is 0 Å². The van der Waals surface area contributed by atoms with E-state index in [9.17, 15) is 14.0 Å². The maximum absolute atomic E-state index is 13.7. The van der Waals surface area contributed by atoms with E-state index >= 15 is 0 Å². The van der Waals surface area contributed by atoms with Crippen LogP contribution in [0.1, 0.15) is 15.9 Å². The number of para-hydroxylation sites is 1. The highest BCUT2D eigenvalue weighted by atomic mass is 35.5. The van der Waals surface area contributed by atoms with Crippen molar-refractivity contribution in [2.75, 3.05) is 18.2 Å². The van der Waals surface area contributed by atoms with Gasteiger partial charge in [-0.2, -0.15) is 0 Å². The molecule has 126 valence electrons. The molecule has 2 aromatic carbocycles. The Labute approximate surface area is 148 Å². The monoisotopic (exact) mass is 367 g/mol. The Morgan fingerprint density at radius 2 is 1.96 bits per heavy atom. The summed E-state index contributed by atoms with van der Waals surface area (Å²) in [5, 5.41) is 2.99. The average molecular weight is 368 g/mol. The zero-order valence-corrected chi connectivity index (χ0v) is 14.4. The second kappa shape index (κ2) is 8.70. The molecule has 1 amide bonds. The third-order valence-corrected chi connectivity index (χ3v) is 4.46. The van der Waals surface area contributed by atoms with Crippen LogP contribution in [0.3, 0.4) is 0 Å². The lowest BCUT2D eigenvalue weighted by Crippen LogP contribution is -2.17. The number of hydrogen-bond donors (Lipinski definition) is 1. The van der Waals surface area contributed by atoms with Crippen LogP contribution in [0.15, 0.2) is 42.5 Å². The van der Waals surface area contributed by atoms with Crippen molar-refractivity contribution >= 4 is 40.9 Å². The fourth-order valence-corrected chi connectivity index (χ4v) is 3.15. The number of nitrogens with one attached hydrogen (secondary N) is 1. The highest BCUT2D eigenvalue weighted by Gasteiger charge is 2.14. The summed E-state index contributed by atoms with van der Waals surface area (Å²) >= 11 is 7.17. The number of thioether (sulfide) groups is 1. The topological polar surface area (TPSA) is 55.4 Å². The maximum atomic E-state index is 13.7. The van der Waals surface area contributed by atoms with E-state index in [1.54, 1.807) is 30.3 Å². The molecule has 0 saturated heterocycles. The van der Waals surface area contributed by atoms with Crippen LogP contribution in [0.5, 0.6) is 0 Å². The lowest BCUT2D eigenvalue weighted by molar-refractivity contribution is -0.113. The molecule has 0 heterocycles. The van der Waals surface area contributed by atoms with Gasteiger partial charge in [0.2, 0.25) is 5.91 Å². The van der Waals surface area contributed by atoms with Gasteiger partial charge >= 0.3 is 5.97 Å². The predicted octanol–water partition coefficient (Wildman–Crippen LogP) is 4.14. The largest absolute Gasteiger partial charge is 0.465 e. The number of ether oxygens (including phenoxy) is 1. The molecule has 0 atom stereocenters. The number of methoxy groups -OCH3 is 1. The van der Waals surface area contributed by atoms with Gasteiger partial charge in [0.25, 0.3) is 0 Å². The van der Waals surface area contributed by atoms with E-state index in [0.29, 0.717) is 16.3 Å².